The minimum absolute atomic E-state index is 0.127. The van der Waals surface area contributed by atoms with Crippen molar-refractivity contribution in [2.24, 2.45) is 5.92 Å². The highest BCUT2D eigenvalue weighted by Gasteiger charge is 2.40. The summed E-state index contributed by atoms with van der Waals surface area (Å²) >= 11 is 0. The molecule has 1 aliphatic carbocycles. The monoisotopic (exact) mass is 183 g/mol. The quantitative estimate of drug-likeness (QED) is 0.608. The SMILES string of the molecule is O=C1CC[C@H]2CC(C(=O)O)N[C@H]2C1. The minimum Gasteiger partial charge on any atom is -0.480 e. The van der Waals surface area contributed by atoms with Crippen molar-refractivity contribution in [3.05, 3.63) is 0 Å². The minimum atomic E-state index is -0.790. The van der Waals surface area contributed by atoms with Gasteiger partial charge in [0.15, 0.2) is 0 Å². The van der Waals surface area contributed by atoms with Gasteiger partial charge >= 0.3 is 5.97 Å². The van der Waals surface area contributed by atoms with Gasteiger partial charge in [-0.05, 0) is 18.8 Å². The Morgan fingerprint density at radius 1 is 1.54 bits per heavy atom. The van der Waals surface area contributed by atoms with Gasteiger partial charge in [-0.15, -0.1) is 0 Å². The number of ketones is 1. The summed E-state index contributed by atoms with van der Waals surface area (Å²) in [5.74, 6) is -0.125. The fraction of sp³-hybridized carbons (Fsp3) is 0.778. The number of aliphatic carboxylic acids is 1. The predicted octanol–water partition coefficient (Wildman–Crippen LogP) is 0.171. The number of Topliss-reactive ketones (excluding diaryl/α,β-unsaturated/α-hetero) is 1. The van der Waals surface area contributed by atoms with E-state index in [0.29, 0.717) is 25.2 Å². The molecule has 13 heavy (non-hydrogen) atoms. The first-order valence-electron chi connectivity index (χ1n) is 4.67. The Bertz CT molecular complexity index is 251. The number of carbonyl (C=O) groups is 2. The standard InChI is InChI=1S/C9H13NO3/c11-6-2-1-5-3-8(9(12)13)10-7(5)4-6/h5,7-8,10H,1-4H2,(H,12,13)/t5-,7-,8?/m0/s1. The average molecular weight is 183 g/mol. The molecule has 1 aliphatic heterocycles. The van der Waals surface area contributed by atoms with Crippen molar-refractivity contribution in [1.82, 2.24) is 5.32 Å². The van der Waals surface area contributed by atoms with Crippen LogP contribution in [-0.2, 0) is 9.59 Å². The van der Waals surface area contributed by atoms with Crippen LogP contribution in [0.5, 0.6) is 0 Å². The molecular weight excluding hydrogens is 170 g/mol. The van der Waals surface area contributed by atoms with Crippen LogP contribution in [0.2, 0.25) is 0 Å². The summed E-state index contributed by atoms with van der Waals surface area (Å²) in [5, 5.41) is 11.8. The Labute approximate surface area is 76.3 Å². The number of carboxylic acid groups (broad SMARTS) is 1. The summed E-state index contributed by atoms with van der Waals surface area (Å²) in [7, 11) is 0. The van der Waals surface area contributed by atoms with E-state index in [1.807, 2.05) is 0 Å². The van der Waals surface area contributed by atoms with E-state index >= 15 is 0 Å². The van der Waals surface area contributed by atoms with E-state index in [2.05, 4.69) is 5.32 Å². The third-order valence-electron chi connectivity index (χ3n) is 3.06. The second kappa shape index (κ2) is 3.10. The van der Waals surface area contributed by atoms with Crippen LogP contribution in [0.4, 0.5) is 0 Å². The first-order valence-corrected chi connectivity index (χ1v) is 4.67. The maximum absolute atomic E-state index is 11.1. The van der Waals surface area contributed by atoms with Crippen LogP contribution in [0, 0.1) is 5.92 Å². The predicted molar refractivity (Wildman–Crippen MR) is 45.3 cm³/mol. The maximum atomic E-state index is 11.1. The smallest absolute Gasteiger partial charge is 0.320 e. The van der Waals surface area contributed by atoms with E-state index in [-0.39, 0.29) is 11.8 Å². The highest BCUT2D eigenvalue weighted by atomic mass is 16.4. The molecule has 72 valence electrons. The van der Waals surface area contributed by atoms with Gasteiger partial charge in [0.2, 0.25) is 0 Å². The normalized spacial score (nSPS) is 38.8. The molecule has 4 heteroatoms. The fourth-order valence-corrected chi connectivity index (χ4v) is 2.34. The zero-order valence-corrected chi connectivity index (χ0v) is 7.32. The van der Waals surface area contributed by atoms with E-state index in [1.54, 1.807) is 0 Å². The van der Waals surface area contributed by atoms with Gasteiger partial charge in [0.05, 0.1) is 0 Å². The molecule has 0 bridgehead atoms. The Morgan fingerprint density at radius 2 is 2.31 bits per heavy atom. The topological polar surface area (TPSA) is 66.4 Å². The molecule has 0 aromatic rings. The number of carboxylic acids is 1. The van der Waals surface area contributed by atoms with Gasteiger partial charge in [-0.2, -0.15) is 0 Å². The largest absolute Gasteiger partial charge is 0.480 e. The van der Waals surface area contributed by atoms with E-state index in [1.165, 1.54) is 0 Å². The van der Waals surface area contributed by atoms with Gasteiger partial charge in [0.1, 0.15) is 11.8 Å². The van der Waals surface area contributed by atoms with Crippen LogP contribution in [0.1, 0.15) is 25.7 Å². The summed E-state index contributed by atoms with van der Waals surface area (Å²) in [6.07, 6.45) is 2.71. The Morgan fingerprint density at radius 3 is 3.00 bits per heavy atom. The summed E-state index contributed by atoms with van der Waals surface area (Å²) in [4.78, 5) is 21.8. The fourth-order valence-electron chi connectivity index (χ4n) is 2.34. The molecule has 1 saturated carbocycles. The van der Waals surface area contributed by atoms with Crippen molar-refractivity contribution in [2.75, 3.05) is 0 Å². The van der Waals surface area contributed by atoms with E-state index in [4.69, 9.17) is 5.11 Å². The van der Waals surface area contributed by atoms with Gasteiger partial charge in [-0.25, -0.2) is 0 Å². The lowest BCUT2D eigenvalue weighted by atomic mass is 9.84. The lowest BCUT2D eigenvalue weighted by Gasteiger charge is -2.23. The molecule has 2 aliphatic rings. The van der Waals surface area contributed by atoms with Gasteiger partial charge in [0, 0.05) is 18.9 Å². The lowest BCUT2D eigenvalue weighted by molar-refractivity contribution is -0.139. The van der Waals surface area contributed by atoms with Gasteiger partial charge in [-0.1, -0.05) is 0 Å². The molecule has 2 rings (SSSR count). The van der Waals surface area contributed by atoms with Gasteiger partial charge < -0.3 is 10.4 Å². The van der Waals surface area contributed by atoms with Gasteiger partial charge in [0.25, 0.3) is 0 Å². The Hall–Kier alpha value is -0.900. The first kappa shape index (κ1) is 8.69. The van der Waals surface area contributed by atoms with Crippen LogP contribution in [0.25, 0.3) is 0 Å². The van der Waals surface area contributed by atoms with Crippen molar-refractivity contribution in [2.45, 2.75) is 37.8 Å². The average Bonchev–Trinajstić information content (AvgIpc) is 2.46. The summed E-state index contributed by atoms with van der Waals surface area (Å²) < 4.78 is 0. The number of hydrogen-bond acceptors (Lipinski definition) is 3. The second-order valence-electron chi connectivity index (χ2n) is 3.94. The molecule has 0 aromatic heterocycles. The van der Waals surface area contributed by atoms with Crippen LogP contribution < -0.4 is 5.32 Å². The van der Waals surface area contributed by atoms with Crippen LogP contribution >= 0.6 is 0 Å². The third-order valence-corrected chi connectivity index (χ3v) is 3.06. The first-order chi connectivity index (χ1) is 6.16. The molecular formula is C9H13NO3. The van der Waals surface area contributed by atoms with E-state index in [9.17, 15) is 9.59 Å². The number of rotatable bonds is 1. The Kier molecular flexibility index (Phi) is 2.07. The van der Waals surface area contributed by atoms with Crippen LogP contribution in [-0.4, -0.2) is 28.9 Å². The second-order valence-corrected chi connectivity index (χ2v) is 3.94. The molecule has 1 unspecified atom stereocenters. The van der Waals surface area contributed by atoms with Crippen molar-refractivity contribution in [3.63, 3.8) is 0 Å². The molecule has 1 heterocycles. The number of hydrogen-bond donors (Lipinski definition) is 2. The molecule has 3 atom stereocenters. The van der Waals surface area contributed by atoms with Crippen molar-refractivity contribution < 1.29 is 14.7 Å². The molecule has 4 nitrogen and oxygen atoms in total. The maximum Gasteiger partial charge on any atom is 0.320 e. The summed E-state index contributed by atoms with van der Waals surface area (Å²) in [6, 6.07) is -0.303. The highest BCUT2D eigenvalue weighted by molar-refractivity contribution is 5.81. The molecule has 2 N–H and O–H groups in total. The molecule has 0 radical (unpaired) electrons. The highest BCUT2D eigenvalue weighted by Crippen LogP contribution is 2.31. The number of fused-ring (bicyclic) bond motifs is 1. The van der Waals surface area contributed by atoms with Gasteiger partial charge in [-0.3, -0.25) is 9.59 Å². The van der Waals surface area contributed by atoms with E-state index in [0.717, 1.165) is 6.42 Å². The lowest BCUT2D eigenvalue weighted by Crippen LogP contribution is -2.38. The molecule has 1 saturated heterocycles. The summed E-state index contributed by atoms with van der Waals surface area (Å²) in [6.45, 7) is 0. The van der Waals surface area contributed by atoms with Crippen LogP contribution in [0.15, 0.2) is 0 Å². The molecule has 2 fully saturated rings. The van der Waals surface area contributed by atoms with Crippen molar-refractivity contribution in [1.29, 1.82) is 0 Å². The van der Waals surface area contributed by atoms with E-state index < -0.39 is 12.0 Å². The molecule has 0 amide bonds. The summed E-state index contributed by atoms with van der Waals surface area (Å²) in [5.41, 5.74) is 0. The number of carbonyl (C=O) groups excluding carboxylic acids is 1. The van der Waals surface area contributed by atoms with Crippen molar-refractivity contribution >= 4 is 11.8 Å². The van der Waals surface area contributed by atoms with Crippen LogP contribution in [0.3, 0.4) is 0 Å². The zero-order valence-electron chi connectivity index (χ0n) is 7.32. The van der Waals surface area contributed by atoms with Crippen molar-refractivity contribution in [3.8, 4) is 0 Å². The third kappa shape index (κ3) is 1.58. The molecule has 0 spiro atoms. The number of nitrogens with one attached hydrogen (secondary N) is 1. The molecule has 0 aromatic carbocycles. The zero-order chi connectivity index (χ0) is 9.42. The Balaban J connectivity index is 2.02.